The fraction of sp³-hybridized carbons (Fsp3) is 0.300. The minimum Gasteiger partial charge on any atom is -0.479 e. The summed E-state index contributed by atoms with van der Waals surface area (Å²) in [5, 5.41) is 0.563. The van der Waals surface area contributed by atoms with Crippen molar-refractivity contribution >= 4 is 28.7 Å². The van der Waals surface area contributed by atoms with E-state index in [1.807, 2.05) is 13.8 Å². The molecule has 0 radical (unpaired) electrons. The van der Waals surface area contributed by atoms with Crippen LogP contribution >= 0.6 is 11.6 Å². The molecule has 2 aromatic carbocycles. The number of rotatable bonds is 7. The van der Waals surface area contributed by atoms with Crippen LogP contribution in [0.25, 0.3) is 11.1 Å². The maximum atomic E-state index is 11.9. The Bertz CT molecular complexity index is 920. The molecule has 1 aromatic heterocycles. The van der Waals surface area contributed by atoms with Gasteiger partial charge in [-0.2, -0.15) is 4.98 Å². The van der Waals surface area contributed by atoms with Crippen molar-refractivity contribution in [3.63, 3.8) is 0 Å². The van der Waals surface area contributed by atoms with Crippen molar-refractivity contribution in [2.75, 3.05) is 6.61 Å². The molecule has 142 valence electrons. The summed E-state index contributed by atoms with van der Waals surface area (Å²) in [6.45, 7) is 5.97. The zero-order valence-electron chi connectivity index (χ0n) is 15.3. The van der Waals surface area contributed by atoms with Crippen molar-refractivity contribution in [2.45, 2.75) is 26.9 Å². The number of nitrogens with zero attached hydrogens (tertiary/aromatic N) is 1. The van der Waals surface area contributed by atoms with E-state index in [-0.39, 0.29) is 12.0 Å². The van der Waals surface area contributed by atoms with Crippen LogP contribution in [0, 0.1) is 5.92 Å². The predicted molar refractivity (Wildman–Crippen MR) is 101 cm³/mol. The summed E-state index contributed by atoms with van der Waals surface area (Å²) < 4.78 is 21.9. The molecule has 3 rings (SSSR count). The highest BCUT2D eigenvalue weighted by Gasteiger charge is 2.17. The third-order valence-corrected chi connectivity index (χ3v) is 3.80. The van der Waals surface area contributed by atoms with Gasteiger partial charge in [0.15, 0.2) is 11.7 Å². The monoisotopic (exact) mass is 389 g/mol. The zero-order valence-corrected chi connectivity index (χ0v) is 16.0. The molecule has 0 saturated heterocycles. The van der Waals surface area contributed by atoms with Gasteiger partial charge in [-0.15, -0.1) is 0 Å². The molecule has 0 amide bonds. The lowest BCUT2D eigenvalue weighted by molar-refractivity contribution is -0.152. The molecule has 6 nitrogen and oxygen atoms in total. The Morgan fingerprint density at radius 1 is 1.11 bits per heavy atom. The highest BCUT2D eigenvalue weighted by atomic mass is 35.5. The maximum Gasteiger partial charge on any atom is 0.400 e. The van der Waals surface area contributed by atoms with Crippen LogP contribution in [0.1, 0.15) is 20.8 Å². The summed E-state index contributed by atoms with van der Waals surface area (Å²) in [7, 11) is 0. The van der Waals surface area contributed by atoms with Gasteiger partial charge in [0.25, 0.3) is 0 Å². The van der Waals surface area contributed by atoms with E-state index in [9.17, 15) is 4.79 Å². The molecular weight excluding hydrogens is 370 g/mol. The number of oxazole rings is 1. The summed E-state index contributed by atoms with van der Waals surface area (Å²) >= 11 is 5.93. The number of fused-ring (bicyclic) bond motifs is 1. The van der Waals surface area contributed by atoms with Crippen LogP contribution in [0.3, 0.4) is 0 Å². The van der Waals surface area contributed by atoms with E-state index < -0.39 is 12.1 Å². The molecule has 3 aromatic rings. The molecule has 0 N–H and O–H groups in total. The standard InChI is InChI=1S/C20H20ClNO5/c1-12(2)11-24-19(23)13(3)25-15-5-7-16(8-6-15)26-20-22-17-9-4-14(21)10-18(17)27-20/h4-10,12-13H,11H2,1-3H3. The summed E-state index contributed by atoms with van der Waals surface area (Å²) in [5.74, 6) is 0.936. The van der Waals surface area contributed by atoms with Crippen LogP contribution in [0.4, 0.5) is 0 Å². The summed E-state index contributed by atoms with van der Waals surface area (Å²) in [4.78, 5) is 16.1. The summed E-state index contributed by atoms with van der Waals surface area (Å²) in [6, 6.07) is 11.9. The van der Waals surface area contributed by atoms with Crippen molar-refractivity contribution in [2.24, 2.45) is 5.92 Å². The average Bonchev–Trinajstić information content (AvgIpc) is 3.02. The average molecular weight is 390 g/mol. The van der Waals surface area contributed by atoms with Crippen LogP contribution in [-0.4, -0.2) is 23.7 Å². The van der Waals surface area contributed by atoms with Gasteiger partial charge in [-0.1, -0.05) is 25.4 Å². The van der Waals surface area contributed by atoms with Gasteiger partial charge in [0.1, 0.15) is 17.0 Å². The first-order chi connectivity index (χ1) is 12.9. The highest BCUT2D eigenvalue weighted by molar-refractivity contribution is 6.31. The second-order valence-electron chi connectivity index (χ2n) is 6.45. The molecule has 1 heterocycles. The van der Waals surface area contributed by atoms with E-state index in [1.165, 1.54) is 0 Å². The fourth-order valence-corrected chi connectivity index (χ4v) is 2.39. The van der Waals surface area contributed by atoms with Crippen LogP contribution < -0.4 is 9.47 Å². The lowest BCUT2D eigenvalue weighted by Gasteiger charge is -2.15. The molecular formula is C20H20ClNO5. The quantitative estimate of drug-likeness (QED) is 0.514. The molecule has 0 saturated carbocycles. The number of carbonyl (C=O) groups excluding carboxylic acids is 1. The molecule has 0 aliphatic carbocycles. The van der Waals surface area contributed by atoms with Gasteiger partial charge in [0.2, 0.25) is 0 Å². The van der Waals surface area contributed by atoms with Gasteiger partial charge in [-0.25, -0.2) is 4.79 Å². The first-order valence-electron chi connectivity index (χ1n) is 8.58. The third kappa shape index (κ3) is 5.14. The van der Waals surface area contributed by atoms with E-state index in [2.05, 4.69) is 4.98 Å². The van der Waals surface area contributed by atoms with Gasteiger partial charge in [0.05, 0.1) is 6.61 Å². The first-order valence-corrected chi connectivity index (χ1v) is 8.96. The number of esters is 1. The molecule has 7 heteroatoms. The normalized spacial score (nSPS) is 12.2. The van der Waals surface area contributed by atoms with Gasteiger partial charge in [0, 0.05) is 11.1 Å². The van der Waals surface area contributed by atoms with Gasteiger partial charge in [-0.05, 0) is 49.2 Å². The smallest absolute Gasteiger partial charge is 0.400 e. The second-order valence-corrected chi connectivity index (χ2v) is 6.89. The lowest BCUT2D eigenvalue weighted by Crippen LogP contribution is -2.27. The first kappa shape index (κ1) is 19.0. The van der Waals surface area contributed by atoms with Crippen LogP contribution in [0.2, 0.25) is 5.02 Å². The van der Waals surface area contributed by atoms with Gasteiger partial charge >= 0.3 is 12.0 Å². The third-order valence-electron chi connectivity index (χ3n) is 3.56. The van der Waals surface area contributed by atoms with Crippen molar-refractivity contribution in [3.05, 3.63) is 47.5 Å². The Morgan fingerprint density at radius 3 is 2.52 bits per heavy atom. The zero-order chi connectivity index (χ0) is 19.4. The molecule has 0 spiro atoms. The Morgan fingerprint density at radius 2 is 1.81 bits per heavy atom. The molecule has 0 bridgehead atoms. The van der Waals surface area contributed by atoms with Crippen LogP contribution in [-0.2, 0) is 9.53 Å². The van der Waals surface area contributed by atoms with Gasteiger partial charge < -0.3 is 18.6 Å². The lowest BCUT2D eigenvalue weighted by atomic mass is 10.2. The van der Waals surface area contributed by atoms with Crippen molar-refractivity contribution in [3.8, 4) is 17.6 Å². The number of halogens is 1. The topological polar surface area (TPSA) is 70.8 Å². The minimum absolute atomic E-state index is 0.117. The van der Waals surface area contributed by atoms with E-state index in [4.69, 9.17) is 30.2 Å². The Balaban J connectivity index is 1.60. The van der Waals surface area contributed by atoms with Crippen molar-refractivity contribution in [1.29, 1.82) is 0 Å². The number of benzene rings is 2. The Hall–Kier alpha value is -2.73. The highest BCUT2D eigenvalue weighted by Crippen LogP contribution is 2.28. The Labute approximate surface area is 162 Å². The molecule has 27 heavy (non-hydrogen) atoms. The largest absolute Gasteiger partial charge is 0.479 e. The predicted octanol–water partition coefficient (Wildman–Crippen LogP) is 5.24. The number of aromatic nitrogens is 1. The maximum absolute atomic E-state index is 11.9. The van der Waals surface area contributed by atoms with Crippen molar-refractivity contribution in [1.82, 2.24) is 4.98 Å². The number of hydrogen-bond acceptors (Lipinski definition) is 6. The van der Waals surface area contributed by atoms with Crippen LogP contribution in [0.15, 0.2) is 46.9 Å². The van der Waals surface area contributed by atoms with Gasteiger partial charge in [-0.3, -0.25) is 0 Å². The number of hydrogen-bond donors (Lipinski definition) is 0. The van der Waals surface area contributed by atoms with Crippen LogP contribution in [0.5, 0.6) is 17.6 Å². The fourth-order valence-electron chi connectivity index (χ4n) is 2.23. The van der Waals surface area contributed by atoms with Crippen molar-refractivity contribution < 1.29 is 23.4 Å². The summed E-state index contributed by atoms with van der Waals surface area (Å²) in [6.07, 6.45) is -0.580. The van der Waals surface area contributed by atoms with E-state index in [0.717, 1.165) is 0 Å². The molecule has 0 fully saturated rings. The Kier molecular flexibility index (Phi) is 5.86. The molecule has 0 aliphatic rings. The minimum atomic E-state index is -0.697. The molecule has 1 atom stereocenters. The van der Waals surface area contributed by atoms with E-state index in [1.54, 1.807) is 49.4 Å². The number of carbonyl (C=O) groups is 1. The summed E-state index contributed by atoms with van der Waals surface area (Å²) in [5.41, 5.74) is 1.20. The SMILES string of the molecule is CC(C)COC(=O)C(C)Oc1ccc(Oc2nc3ccc(Cl)cc3o2)cc1. The van der Waals surface area contributed by atoms with E-state index >= 15 is 0 Å². The molecule has 0 aliphatic heterocycles. The molecule has 1 unspecified atom stereocenters. The van der Waals surface area contributed by atoms with E-state index in [0.29, 0.717) is 34.2 Å². The second kappa shape index (κ2) is 8.31. The number of ether oxygens (including phenoxy) is 3.